The van der Waals surface area contributed by atoms with Gasteiger partial charge in [0.25, 0.3) is 0 Å². The zero-order valence-corrected chi connectivity index (χ0v) is 14.2. The highest BCUT2D eigenvalue weighted by Gasteiger charge is 2.19. The number of methoxy groups -OCH3 is 1. The van der Waals surface area contributed by atoms with E-state index in [9.17, 15) is 14.9 Å². The molecule has 0 bridgehead atoms. The van der Waals surface area contributed by atoms with Crippen LogP contribution in [0.15, 0.2) is 42.5 Å². The van der Waals surface area contributed by atoms with E-state index in [0.29, 0.717) is 11.5 Å². The molecule has 0 aliphatic carbocycles. The molecule has 0 radical (unpaired) electrons. The Morgan fingerprint density at radius 1 is 1.25 bits per heavy atom. The van der Waals surface area contributed by atoms with Crippen molar-refractivity contribution in [1.82, 2.24) is 0 Å². The second kappa shape index (κ2) is 8.35. The SMILES string of the molecule is COc1ccc(OC(=O)CSCc2cccc(C)c2)c([N+](=O)[O-])c1. The number of benzene rings is 2. The minimum absolute atomic E-state index is 0.0815. The minimum Gasteiger partial charge on any atom is -0.496 e. The van der Waals surface area contributed by atoms with Crippen LogP contribution < -0.4 is 9.47 Å². The first-order chi connectivity index (χ1) is 11.5. The zero-order chi connectivity index (χ0) is 17.5. The quantitative estimate of drug-likeness (QED) is 0.328. The number of nitro groups is 1. The van der Waals surface area contributed by atoms with Gasteiger partial charge in [-0.2, -0.15) is 0 Å². The number of ether oxygens (including phenoxy) is 2. The van der Waals surface area contributed by atoms with Gasteiger partial charge >= 0.3 is 11.7 Å². The summed E-state index contributed by atoms with van der Waals surface area (Å²) in [6.07, 6.45) is 0. The summed E-state index contributed by atoms with van der Waals surface area (Å²) in [5, 5.41) is 11.1. The van der Waals surface area contributed by atoms with Crippen molar-refractivity contribution in [3.8, 4) is 11.5 Å². The Balaban J connectivity index is 1.93. The Morgan fingerprint density at radius 2 is 2.04 bits per heavy atom. The fraction of sp³-hybridized carbons (Fsp3) is 0.235. The summed E-state index contributed by atoms with van der Waals surface area (Å²) in [7, 11) is 1.41. The van der Waals surface area contributed by atoms with Crippen molar-refractivity contribution in [2.24, 2.45) is 0 Å². The van der Waals surface area contributed by atoms with Gasteiger partial charge in [0.1, 0.15) is 5.75 Å². The highest BCUT2D eigenvalue weighted by Crippen LogP contribution is 2.31. The largest absolute Gasteiger partial charge is 0.496 e. The number of rotatable bonds is 7. The third-order valence-corrected chi connectivity index (χ3v) is 4.14. The molecule has 0 N–H and O–H groups in total. The van der Waals surface area contributed by atoms with Crippen molar-refractivity contribution >= 4 is 23.4 Å². The van der Waals surface area contributed by atoms with Crippen molar-refractivity contribution in [3.05, 3.63) is 63.7 Å². The number of aryl methyl sites for hydroxylation is 1. The van der Waals surface area contributed by atoms with Gasteiger partial charge in [-0.05, 0) is 24.6 Å². The van der Waals surface area contributed by atoms with E-state index >= 15 is 0 Å². The molecular weight excluding hydrogens is 330 g/mol. The maximum Gasteiger partial charge on any atom is 0.321 e. The molecule has 0 aliphatic heterocycles. The molecular formula is C17H17NO5S. The molecule has 0 atom stereocenters. The van der Waals surface area contributed by atoms with E-state index in [1.165, 1.54) is 37.1 Å². The standard InChI is InChI=1S/C17H17NO5S/c1-12-4-3-5-13(8-12)10-24-11-17(19)23-16-7-6-14(22-2)9-15(16)18(20)21/h3-9H,10-11H2,1-2H3. The van der Waals surface area contributed by atoms with Gasteiger partial charge in [0.05, 0.1) is 23.9 Å². The molecule has 2 aromatic carbocycles. The lowest BCUT2D eigenvalue weighted by Gasteiger charge is -2.07. The Kier molecular flexibility index (Phi) is 6.20. The predicted octanol–water partition coefficient (Wildman–Crippen LogP) is 3.75. The Bertz CT molecular complexity index is 748. The molecule has 0 amide bonds. The number of esters is 1. The smallest absolute Gasteiger partial charge is 0.321 e. The number of nitro benzene ring substituents is 1. The molecule has 126 valence electrons. The molecule has 24 heavy (non-hydrogen) atoms. The van der Waals surface area contributed by atoms with Crippen molar-refractivity contribution < 1.29 is 19.2 Å². The van der Waals surface area contributed by atoms with Gasteiger partial charge in [-0.3, -0.25) is 14.9 Å². The number of carbonyl (C=O) groups is 1. The van der Waals surface area contributed by atoms with Gasteiger partial charge in [0.2, 0.25) is 5.75 Å². The number of nitrogens with zero attached hydrogens (tertiary/aromatic N) is 1. The van der Waals surface area contributed by atoms with Crippen LogP contribution in [-0.2, 0) is 10.5 Å². The molecule has 2 rings (SSSR count). The topological polar surface area (TPSA) is 78.7 Å². The molecule has 0 spiro atoms. The summed E-state index contributed by atoms with van der Waals surface area (Å²) >= 11 is 1.40. The highest BCUT2D eigenvalue weighted by molar-refractivity contribution is 7.99. The van der Waals surface area contributed by atoms with Crippen molar-refractivity contribution in [2.45, 2.75) is 12.7 Å². The molecule has 0 aliphatic rings. The summed E-state index contributed by atoms with van der Waals surface area (Å²) in [6.45, 7) is 2.01. The zero-order valence-electron chi connectivity index (χ0n) is 13.4. The van der Waals surface area contributed by atoms with E-state index < -0.39 is 10.9 Å². The summed E-state index contributed by atoms with van der Waals surface area (Å²) in [5.74, 6) is 0.497. The average Bonchev–Trinajstić information content (AvgIpc) is 2.55. The molecule has 0 heterocycles. The van der Waals surface area contributed by atoms with Gasteiger partial charge in [0.15, 0.2) is 0 Å². The second-order valence-corrected chi connectivity index (χ2v) is 6.03. The van der Waals surface area contributed by atoms with E-state index in [4.69, 9.17) is 9.47 Å². The first-order valence-corrected chi connectivity index (χ1v) is 8.31. The molecule has 6 nitrogen and oxygen atoms in total. The lowest BCUT2D eigenvalue weighted by atomic mass is 10.2. The minimum atomic E-state index is -0.606. The Hall–Kier alpha value is -2.54. The van der Waals surface area contributed by atoms with Crippen LogP contribution in [0.4, 0.5) is 5.69 Å². The number of hydrogen-bond acceptors (Lipinski definition) is 6. The lowest BCUT2D eigenvalue weighted by Crippen LogP contribution is -2.12. The second-order valence-electron chi connectivity index (χ2n) is 5.05. The molecule has 0 aromatic heterocycles. The molecule has 0 saturated heterocycles. The van der Waals surface area contributed by atoms with E-state index in [2.05, 4.69) is 0 Å². The summed E-state index contributed by atoms with van der Waals surface area (Å²) in [6, 6.07) is 12.1. The first-order valence-electron chi connectivity index (χ1n) is 7.16. The van der Waals surface area contributed by atoms with Crippen LogP contribution in [0.5, 0.6) is 11.5 Å². The van der Waals surface area contributed by atoms with Crippen molar-refractivity contribution in [2.75, 3.05) is 12.9 Å². The van der Waals surface area contributed by atoms with Crippen LogP contribution in [-0.4, -0.2) is 23.8 Å². The van der Waals surface area contributed by atoms with Crippen LogP contribution in [0.3, 0.4) is 0 Å². The summed E-state index contributed by atoms with van der Waals surface area (Å²) in [4.78, 5) is 22.4. The number of thioether (sulfide) groups is 1. The first kappa shape index (κ1) is 17.8. The lowest BCUT2D eigenvalue weighted by molar-refractivity contribution is -0.385. The third kappa shape index (κ3) is 4.99. The van der Waals surface area contributed by atoms with Gasteiger partial charge in [-0.25, -0.2) is 0 Å². The third-order valence-electron chi connectivity index (χ3n) is 3.16. The van der Waals surface area contributed by atoms with Crippen molar-refractivity contribution in [1.29, 1.82) is 0 Å². The monoisotopic (exact) mass is 347 g/mol. The summed E-state index contributed by atoms with van der Waals surface area (Å²) < 4.78 is 10.1. The van der Waals surface area contributed by atoms with Crippen LogP contribution in [0.2, 0.25) is 0 Å². The van der Waals surface area contributed by atoms with Gasteiger partial charge < -0.3 is 9.47 Å². The van der Waals surface area contributed by atoms with E-state index in [0.717, 1.165) is 11.1 Å². The molecule has 2 aromatic rings. The Labute approximate surface area is 143 Å². The van der Waals surface area contributed by atoms with E-state index in [-0.39, 0.29) is 17.2 Å². The number of carbonyl (C=O) groups excluding carboxylic acids is 1. The van der Waals surface area contributed by atoms with E-state index in [1.807, 2.05) is 31.2 Å². The fourth-order valence-electron chi connectivity index (χ4n) is 2.06. The van der Waals surface area contributed by atoms with Crippen LogP contribution in [0.25, 0.3) is 0 Å². The van der Waals surface area contributed by atoms with Crippen LogP contribution in [0.1, 0.15) is 11.1 Å². The average molecular weight is 347 g/mol. The fourth-order valence-corrected chi connectivity index (χ4v) is 2.80. The molecule has 0 saturated carbocycles. The molecule has 7 heteroatoms. The number of hydrogen-bond donors (Lipinski definition) is 0. The van der Waals surface area contributed by atoms with Gasteiger partial charge in [-0.15, -0.1) is 11.8 Å². The van der Waals surface area contributed by atoms with E-state index in [1.54, 1.807) is 0 Å². The molecule has 0 fully saturated rings. The van der Waals surface area contributed by atoms with Gasteiger partial charge in [-0.1, -0.05) is 29.8 Å². The highest BCUT2D eigenvalue weighted by atomic mass is 32.2. The van der Waals surface area contributed by atoms with Crippen LogP contribution >= 0.6 is 11.8 Å². The maximum atomic E-state index is 11.9. The normalized spacial score (nSPS) is 10.2. The maximum absolute atomic E-state index is 11.9. The molecule has 0 unspecified atom stereocenters. The summed E-state index contributed by atoms with van der Waals surface area (Å²) in [5.41, 5.74) is 1.97. The Morgan fingerprint density at radius 3 is 2.71 bits per heavy atom. The van der Waals surface area contributed by atoms with Crippen LogP contribution in [0, 0.1) is 17.0 Å². The van der Waals surface area contributed by atoms with Gasteiger partial charge in [0, 0.05) is 5.75 Å². The van der Waals surface area contributed by atoms with Crippen molar-refractivity contribution in [3.63, 3.8) is 0 Å². The predicted molar refractivity (Wildman–Crippen MR) is 92.6 cm³/mol.